The third-order valence-corrected chi connectivity index (χ3v) is 4.82. The van der Waals surface area contributed by atoms with Crippen LogP contribution in [-0.4, -0.2) is 36.8 Å². The molecule has 1 atom stereocenters. The lowest BCUT2D eigenvalue weighted by atomic mass is 10.1. The molecule has 1 aliphatic heterocycles. The van der Waals surface area contributed by atoms with Gasteiger partial charge in [0, 0.05) is 29.2 Å². The van der Waals surface area contributed by atoms with Crippen LogP contribution in [0, 0.1) is 12.8 Å². The van der Waals surface area contributed by atoms with E-state index in [1.807, 2.05) is 31.2 Å². The smallest absolute Gasteiger partial charge is 0.311 e. The molecule has 1 fully saturated rings. The van der Waals surface area contributed by atoms with Crippen LogP contribution in [-0.2, 0) is 19.1 Å². The SMILES string of the molecule is Cc1ccc(N2C[C@H](C(=O)OCC(=O)NNC(=O)c3ccc(Cl)cc3)CC2=O)cc1. The average Bonchev–Trinajstić information content (AvgIpc) is 3.13. The number of hydrogen-bond donors (Lipinski definition) is 2. The Labute approximate surface area is 178 Å². The van der Waals surface area contributed by atoms with Crippen molar-refractivity contribution in [2.45, 2.75) is 13.3 Å². The van der Waals surface area contributed by atoms with E-state index in [4.69, 9.17) is 16.3 Å². The van der Waals surface area contributed by atoms with E-state index in [1.54, 1.807) is 12.1 Å². The van der Waals surface area contributed by atoms with E-state index in [-0.39, 0.29) is 18.9 Å². The van der Waals surface area contributed by atoms with Gasteiger partial charge in [0.2, 0.25) is 5.91 Å². The second-order valence-electron chi connectivity index (χ2n) is 6.86. The highest BCUT2D eigenvalue weighted by Gasteiger charge is 2.36. The fraction of sp³-hybridized carbons (Fsp3) is 0.238. The molecule has 3 amide bonds. The van der Waals surface area contributed by atoms with Crippen molar-refractivity contribution >= 4 is 41.0 Å². The molecule has 1 heterocycles. The van der Waals surface area contributed by atoms with Gasteiger partial charge in [-0.1, -0.05) is 29.3 Å². The summed E-state index contributed by atoms with van der Waals surface area (Å²) in [5.41, 5.74) is 6.46. The number of carbonyl (C=O) groups excluding carboxylic acids is 4. The van der Waals surface area contributed by atoms with E-state index in [0.29, 0.717) is 16.3 Å². The molecule has 2 aromatic rings. The van der Waals surface area contributed by atoms with Crippen molar-refractivity contribution in [2.24, 2.45) is 5.92 Å². The first-order chi connectivity index (χ1) is 14.3. The summed E-state index contributed by atoms with van der Waals surface area (Å²) in [6, 6.07) is 13.5. The number of nitrogens with zero attached hydrogens (tertiary/aromatic N) is 1. The van der Waals surface area contributed by atoms with E-state index >= 15 is 0 Å². The van der Waals surface area contributed by atoms with Crippen molar-refractivity contribution in [2.75, 3.05) is 18.1 Å². The van der Waals surface area contributed by atoms with E-state index < -0.39 is 30.3 Å². The number of ether oxygens (including phenoxy) is 1. The number of halogens is 1. The van der Waals surface area contributed by atoms with Gasteiger partial charge in [0.1, 0.15) is 0 Å². The van der Waals surface area contributed by atoms with E-state index in [9.17, 15) is 19.2 Å². The van der Waals surface area contributed by atoms with Crippen molar-refractivity contribution < 1.29 is 23.9 Å². The number of nitrogens with one attached hydrogen (secondary N) is 2. The predicted molar refractivity (Wildman–Crippen MR) is 110 cm³/mol. The predicted octanol–water partition coefficient (Wildman–Crippen LogP) is 2.01. The van der Waals surface area contributed by atoms with Crippen LogP contribution in [0.25, 0.3) is 0 Å². The molecule has 0 unspecified atom stereocenters. The van der Waals surface area contributed by atoms with E-state index in [1.165, 1.54) is 17.0 Å². The van der Waals surface area contributed by atoms with Gasteiger partial charge in [0.05, 0.1) is 5.92 Å². The van der Waals surface area contributed by atoms with Gasteiger partial charge < -0.3 is 9.64 Å². The highest BCUT2D eigenvalue weighted by molar-refractivity contribution is 6.30. The average molecular weight is 430 g/mol. The van der Waals surface area contributed by atoms with E-state index in [2.05, 4.69) is 10.9 Å². The minimum Gasteiger partial charge on any atom is -0.455 e. The van der Waals surface area contributed by atoms with Crippen molar-refractivity contribution in [1.82, 2.24) is 10.9 Å². The van der Waals surface area contributed by atoms with Gasteiger partial charge in [-0.15, -0.1) is 0 Å². The fourth-order valence-electron chi connectivity index (χ4n) is 2.93. The number of rotatable bonds is 5. The number of anilines is 1. The summed E-state index contributed by atoms with van der Waals surface area (Å²) in [6.07, 6.45) is 0.0155. The number of benzene rings is 2. The van der Waals surface area contributed by atoms with Crippen LogP contribution >= 0.6 is 11.6 Å². The van der Waals surface area contributed by atoms with Gasteiger partial charge in [-0.05, 0) is 43.3 Å². The Balaban J connectivity index is 1.44. The number of aryl methyl sites for hydroxylation is 1. The normalized spacial score (nSPS) is 15.6. The molecule has 0 bridgehead atoms. The molecule has 8 nitrogen and oxygen atoms in total. The Kier molecular flexibility index (Phi) is 6.68. The Bertz CT molecular complexity index is 960. The first-order valence-corrected chi connectivity index (χ1v) is 9.59. The number of hydrazine groups is 1. The maximum atomic E-state index is 12.2. The Morgan fingerprint density at radius 2 is 1.73 bits per heavy atom. The van der Waals surface area contributed by atoms with Crippen molar-refractivity contribution in [1.29, 1.82) is 0 Å². The van der Waals surface area contributed by atoms with Crippen molar-refractivity contribution in [3.05, 3.63) is 64.7 Å². The Morgan fingerprint density at radius 3 is 2.40 bits per heavy atom. The summed E-state index contributed by atoms with van der Waals surface area (Å²) in [5, 5.41) is 0.480. The molecular weight excluding hydrogens is 410 g/mol. The summed E-state index contributed by atoms with van der Waals surface area (Å²) < 4.78 is 4.99. The lowest BCUT2D eigenvalue weighted by Crippen LogP contribution is -2.43. The van der Waals surface area contributed by atoms with Crippen LogP contribution in [0.15, 0.2) is 48.5 Å². The van der Waals surface area contributed by atoms with Crippen LogP contribution < -0.4 is 15.8 Å². The summed E-state index contributed by atoms with van der Waals surface area (Å²) >= 11 is 5.75. The largest absolute Gasteiger partial charge is 0.455 e. The molecule has 0 saturated carbocycles. The monoisotopic (exact) mass is 429 g/mol. The molecule has 9 heteroatoms. The third-order valence-electron chi connectivity index (χ3n) is 4.57. The van der Waals surface area contributed by atoms with Crippen LogP contribution in [0.4, 0.5) is 5.69 Å². The lowest BCUT2D eigenvalue weighted by Gasteiger charge is -2.16. The van der Waals surface area contributed by atoms with Gasteiger partial charge >= 0.3 is 5.97 Å². The molecule has 0 aliphatic carbocycles. The Hall–Kier alpha value is -3.39. The lowest BCUT2D eigenvalue weighted by molar-refractivity contribution is -0.152. The molecule has 1 saturated heterocycles. The fourth-order valence-corrected chi connectivity index (χ4v) is 3.06. The van der Waals surface area contributed by atoms with Gasteiger partial charge in [0.25, 0.3) is 11.8 Å². The van der Waals surface area contributed by atoms with Crippen molar-refractivity contribution in [3.63, 3.8) is 0 Å². The summed E-state index contributed by atoms with van der Waals surface area (Å²) in [4.78, 5) is 49.7. The second-order valence-corrected chi connectivity index (χ2v) is 7.29. The molecule has 3 rings (SSSR count). The van der Waals surface area contributed by atoms with Crippen LogP contribution in [0.2, 0.25) is 5.02 Å². The third kappa shape index (κ3) is 5.36. The molecule has 2 N–H and O–H groups in total. The van der Waals surface area contributed by atoms with Gasteiger partial charge in [-0.2, -0.15) is 0 Å². The van der Waals surface area contributed by atoms with E-state index in [0.717, 1.165) is 5.56 Å². The number of hydrogen-bond acceptors (Lipinski definition) is 5. The van der Waals surface area contributed by atoms with Crippen molar-refractivity contribution in [3.8, 4) is 0 Å². The summed E-state index contributed by atoms with van der Waals surface area (Å²) in [5.74, 6) is -2.72. The molecule has 1 aliphatic rings. The maximum Gasteiger partial charge on any atom is 0.311 e. The number of esters is 1. The zero-order chi connectivity index (χ0) is 21.7. The van der Waals surface area contributed by atoms with Crippen LogP contribution in [0.5, 0.6) is 0 Å². The number of amides is 3. The summed E-state index contributed by atoms with van der Waals surface area (Å²) in [7, 11) is 0. The van der Waals surface area contributed by atoms with Crippen LogP contribution in [0.3, 0.4) is 0 Å². The molecular formula is C21H20ClN3O5. The molecule has 0 radical (unpaired) electrons. The minimum absolute atomic E-state index is 0.0155. The summed E-state index contributed by atoms with van der Waals surface area (Å²) in [6.45, 7) is 1.56. The Morgan fingerprint density at radius 1 is 1.07 bits per heavy atom. The van der Waals surface area contributed by atoms with Gasteiger partial charge in [-0.25, -0.2) is 0 Å². The first kappa shape index (κ1) is 21.3. The zero-order valence-corrected chi connectivity index (χ0v) is 16.9. The highest BCUT2D eigenvalue weighted by Crippen LogP contribution is 2.26. The molecule has 0 aromatic heterocycles. The topological polar surface area (TPSA) is 105 Å². The van der Waals surface area contributed by atoms with Crippen LogP contribution in [0.1, 0.15) is 22.3 Å². The molecule has 30 heavy (non-hydrogen) atoms. The standard InChI is InChI=1S/C21H20ClN3O5/c1-13-2-8-17(9-3-13)25-11-15(10-19(25)27)21(29)30-12-18(26)23-24-20(28)14-4-6-16(22)7-5-14/h2-9,15H,10-12H2,1H3,(H,23,26)(H,24,28)/t15-/m1/s1. The second kappa shape index (κ2) is 9.41. The minimum atomic E-state index is -0.703. The van der Waals surface area contributed by atoms with Gasteiger partial charge in [-0.3, -0.25) is 30.0 Å². The molecule has 0 spiro atoms. The quantitative estimate of drug-likeness (QED) is 0.558. The number of carbonyl (C=O) groups is 4. The molecule has 2 aromatic carbocycles. The van der Waals surface area contributed by atoms with Gasteiger partial charge in [0.15, 0.2) is 6.61 Å². The first-order valence-electron chi connectivity index (χ1n) is 9.22. The zero-order valence-electron chi connectivity index (χ0n) is 16.2. The highest BCUT2D eigenvalue weighted by atomic mass is 35.5. The maximum absolute atomic E-state index is 12.2. The molecule has 156 valence electrons.